The Kier molecular flexibility index (Phi) is 5.81. The van der Waals surface area contributed by atoms with Gasteiger partial charge in [0.05, 0.1) is 16.2 Å². The van der Waals surface area contributed by atoms with E-state index in [9.17, 15) is 13.5 Å². The first-order valence-electron chi connectivity index (χ1n) is 9.08. The lowest BCUT2D eigenvalue weighted by molar-refractivity contribution is 0.0568. The van der Waals surface area contributed by atoms with Crippen LogP contribution in [0.5, 0.6) is 0 Å². The molecule has 0 spiro atoms. The van der Waals surface area contributed by atoms with Crippen LogP contribution in [-0.2, 0) is 15.6 Å². The molecule has 0 amide bonds. The van der Waals surface area contributed by atoms with Gasteiger partial charge in [0.25, 0.3) is 0 Å². The third-order valence-corrected chi connectivity index (χ3v) is 5.79. The Morgan fingerprint density at radius 1 is 1.18 bits per heavy atom. The van der Waals surface area contributed by atoms with Crippen molar-refractivity contribution in [3.8, 4) is 0 Å². The molecule has 2 atom stereocenters. The van der Waals surface area contributed by atoms with E-state index in [1.807, 2.05) is 37.3 Å². The van der Waals surface area contributed by atoms with Crippen LogP contribution >= 0.6 is 0 Å². The molecule has 148 valence electrons. The predicted octanol–water partition coefficient (Wildman–Crippen LogP) is 2.48. The smallest absolute Gasteiger partial charge is 0.238 e. The van der Waals surface area contributed by atoms with Gasteiger partial charge in [-0.2, -0.15) is 0 Å². The first-order chi connectivity index (χ1) is 13.2. The molecule has 6 nitrogen and oxygen atoms in total. The molecule has 7 heteroatoms. The summed E-state index contributed by atoms with van der Waals surface area (Å²) in [5.74, 6) is 0.0654. The molecule has 0 aliphatic heterocycles. The molecular weight excluding hydrogens is 374 g/mol. The van der Waals surface area contributed by atoms with Crippen LogP contribution in [-0.4, -0.2) is 31.6 Å². The highest BCUT2D eigenvalue weighted by atomic mass is 32.2. The number of primary sulfonamides is 1. The normalized spacial score (nSPS) is 15.3. The minimum absolute atomic E-state index is 0.0654. The molecule has 0 aliphatic carbocycles. The second kappa shape index (κ2) is 7.97. The zero-order chi connectivity index (χ0) is 20.4. The lowest BCUT2D eigenvalue weighted by Gasteiger charge is -2.25. The number of nitrogens with two attached hydrogens (primary N) is 1. The van der Waals surface area contributed by atoms with Crippen LogP contribution < -0.4 is 10.5 Å². The van der Waals surface area contributed by atoms with Gasteiger partial charge in [-0.05, 0) is 36.1 Å². The molecule has 4 N–H and O–H groups in total. The quantitative estimate of drug-likeness (QED) is 0.566. The lowest BCUT2D eigenvalue weighted by atomic mass is 9.95. The van der Waals surface area contributed by atoms with Gasteiger partial charge >= 0.3 is 0 Å². The summed E-state index contributed by atoms with van der Waals surface area (Å²) in [6.07, 6.45) is 1.67. The second-order valence-electron chi connectivity index (χ2n) is 7.30. The minimum Gasteiger partial charge on any atom is -0.384 e. The van der Waals surface area contributed by atoms with Crippen molar-refractivity contribution in [3.05, 3.63) is 72.1 Å². The molecule has 0 saturated carbocycles. The number of nitrogens with one attached hydrogen (secondary N) is 1. The van der Waals surface area contributed by atoms with Crippen LogP contribution in [0.2, 0.25) is 0 Å². The third kappa shape index (κ3) is 4.56. The molecule has 0 saturated heterocycles. The van der Waals surface area contributed by atoms with E-state index in [0.717, 1.165) is 22.0 Å². The van der Waals surface area contributed by atoms with E-state index in [2.05, 4.69) is 10.3 Å². The first-order valence-corrected chi connectivity index (χ1v) is 10.6. The Balaban J connectivity index is 1.74. The van der Waals surface area contributed by atoms with Gasteiger partial charge in [0, 0.05) is 30.6 Å². The second-order valence-corrected chi connectivity index (χ2v) is 8.86. The maximum Gasteiger partial charge on any atom is 0.238 e. The van der Waals surface area contributed by atoms with Crippen molar-refractivity contribution < 1.29 is 13.5 Å². The maximum atomic E-state index is 11.6. The Bertz CT molecular complexity index is 1070. The van der Waals surface area contributed by atoms with Gasteiger partial charge in [0.1, 0.15) is 0 Å². The summed E-state index contributed by atoms with van der Waals surface area (Å²) in [5, 5.41) is 20.9. The predicted molar refractivity (Wildman–Crippen MR) is 110 cm³/mol. The molecule has 2 aromatic carbocycles. The van der Waals surface area contributed by atoms with Crippen LogP contribution in [0.15, 0.2) is 65.7 Å². The first kappa shape index (κ1) is 20.4. The largest absolute Gasteiger partial charge is 0.384 e. The lowest BCUT2D eigenvalue weighted by Crippen LogP contribution is -2.37. The van der Waals surface area contributed by atoms with Crippen LogP contribution in [0.1, 0.15) is 31.0 Å². The van der Waals surface area contributed by atoms with Crippen molar-refractivity contribution in [2.75, 3.05) is 13.1 Å². The van der Waals surface area contributed by atoms with Crippen molar-refractivity contribution in [2.24, 2.45) is 5.14 Å². The van der Waals surface area contributed by atoms with Gasteiger partial charge in [0.2, 0.25) is 10.0 Å². The highest BCUT2D eigenvalue weighted by molar-refractivity contribution is 7.89. The number of rotatable bonds is 7. The van der Waals surface area contributed by atoms with E-state index in [0.29, 0.717) is 13.1 Å². The highest BCUT2D eigenvalue weighted by Crippen LogP contribution is 2.26. The number of hydrogen-bond donors (Lipinski definition) is 3. The van der Waals surface area contributed by atoms with Gasteiger partial charge < -0.3 is 10.4 Å². The zero-order valence-corrected chi connectivity index (χ0v) is 16.8. The Morgan fingerprint density at radius 3 is 2.57 bits per heavy atom. The number of pyridine rings is 1. The van der Waals surface area contributed by atoms with Crippen molar-refractivity contribution in [3.63, 3.8) is 0 Å². The highest BCUT2D eigenvalue weighted by Gasteiger charge is 2.23. The molecule has 1 aromatic heterocycles. The fourth-order valence-electron chi connectivity index (χ4n) is 3.28. The topological polar surface area (TPSA) is 105 Å². The van der Waals surface area contributed by atoms with Crippen molar-refractivity contribution in [2.45, 2.75) is 30.3 Å². The van der Waals surface area contributed by atoms with Gasteiger partial charge in [0.15, 0.2) is 0 Å². The summed E-state index contributed by atoms with van der Waals surface area (Å²) in [6, 6.07) is 16.1. The number of sulfonamides is 1. The summed E-state index contributed by atoms with van der Waals surface area (Å²) in [7, 11) is -3.74. The van der Waals surface area contributed by atoms with E-state index in [1.165, 1.54) is 6.07 Å². The van der Waals surface area contributed by atoms with Crippen molar-refractivity contribution >= 4 is 20.8 Å². The molecule has 28 heavy (non-hydrogen) atoms. The average Bonchev–Trinajstić information content (AvgIpc) is 2.67. The zero-order valence-electron chi connectivity index (χ0n) is 16.0. The SMILES string of the molecule is C[C@H](CNC[C@@](C)(O)c1ccccc1)c1nccc2cc(S(N)(=O)=O)ccc12. The Hall–Kier alpha value is -2.32. The van der Waals surface area contributed by atoms with Crippen molar-refractivity contribution in [1.29, 1.82) is 0 Å². The van der Waals surface area contributed by atoms with Gasteiger partial charge in [-0.15, -0.1) is 0 Å². The molecule has 3 aromatic rings. The number of hydrogen-bond acceptors (Lipinski definition) is 5. The fraction of sp³-hybridized carbons (Fsp3) is 0.286. The number of nitrogens with zero attached hydrogens (tertiary/aromatic N) is 1. The maximum absolute atomic E-state index is 11.6. The molecular formula is C21H25N3O3S. The van der Waals surface area contributed by atoms with Crippen LogP contribution in [0, 0.1) is 0 Å². The summed E-state index contributed by atoms with van der Waals surface area (Å²) in [5.41, 5.74) is 0.747. The van der Waals surface area contributed by atoms with Crippen LogP contribution in [0.3, 0.4) is 0 Å². The van der Waals surface area contributed by atoms with Crippen molar-refractivity contribution in [1.82, 2.24) is 10.3 Å². The van der Waals surface area contributed by atoms with Gasteiger partial charge in [-0.25, -0.2) is 13.6 Å². The number of fused-ring (bicyclic) bond motifs is 1. The van der Waals surface area contributed by atoms with Crippen LogP contribution in [0.25, 0.3) is 10.8 Å². The summed E-state index contributed by atoms with van der Waals surface area (Å²) >= 11 is 0. The molecule has 0 radical (unpaired) electrons. The Labute approximate surface area is 165 Å². The summed E-state index contributed by atoms with van der Waals surface area (Å²) < 4.78 is 23.2. The van der Waals surface area contributed by atoms with E-state index >= 15 is 0 Å². The van der Waals surface area contributed by atoms with Gasteiger partial charge in [-0.3, -0.25) is 4.98 Å². The number of benzene rings is 2. The molecule has 0 unspecified atom stereocenters. The number of aromatic nitrogens is 1. The fourth-order valence-corrected chi connectivity index (χ4v) is 3.83. The Morgan fingerprint density at radius 2 is 1.89 bits per heavy atom. The average molecular weight is 400 g/mol. The molecule has 0 bridgehead atoms. The molecule has 0 aliphatic rings. The summed E-state index contributed by atoms with van der Waals surface area (Å²) in [6.45, 7) is 4.85. The van der Waals surface area contributed by atoms with E-state index in [1.54, 1.807) is 31.3 Å². The monoisotopic (exact) mass is 399 g/mol. The van der Waals surface area contributed by atoms with Gasteiger partial charge in [-0.1, -0.05) is 43.3 Å². The van der Waals surface area contributed by atoms with E-state index in [-0.39, 0.29) is 10.8 Å². The van der Waals surface area contributed by atoms with Crippen LogP contribution in [0.4, 0.5) is 0 Å². The molecule has 1 heterocycles. The standard InChI is InChI=1S/C21H25N3O3S/c1-15(13-23-14-21(2,25)17-6-4-3-5-7-17)20-19-9-8-18(28(22,26)27)12-16(19)10-11-24-20/h3-12,15,23,25H,13-14H2,1-2H3,(H2,22,26,27)/t15-,21-/m1/s1. The summed E-state index contributed by atoms with van der Waals surface area (Å²) in [4.78, 5) is 4.57. The third-order valence-electron chi connectivity index (χ3n) is 4.88. The molecule has 3 rings (SSSR count). The molecule has 0 fully saturated rings. The van der Waals surface area contributed by atoms with E-state index < -0.39 is 15.6 Å². The number of aliphatic hydroxyl groups is 1. The minimum atomic E-state index is -3.74. The van der Waals surface area contributed by atoms with E-state index in [4.69, 9.17) is 5.14 Å².